The summed E-state index contributed by atoms with van der Waals surface area (Å²) in [5, 5.41) is 2.49. The van der Waals surface area contributed by atoms with Gasteiger partial charge in [0, 0.05) is 27.1 Å². The molecule has 1 atom stereocenters. The van der Waals surface area contributed by atoms with Gasteiger partial charge in [-0.1, -0.05) is 24.3 Å². The summed E-state index contributed by atoms with van der Waals surface area (Å²) in [4.78, 5) is 5.14. The first-order valence-electron chi connectivity index (χ1n) is 9.03. The third-order valence-electron chi connectivity index (χ3n) is 4.85. The SMILES string of the molecule is COc1ccc2c(c1)S[C@H](c1ccccc1OC)CCN2Cc1cccs1. The van der Waals surface area contributed by atoms with Crippen LogP contribution in [0.1, 0.15) is 22.1 Å². The molecule has 1 aliphatic rings. The van der Waals surface area contributed by atoms with Crippen molar-refractivity contribution in [1.29, 1.82) is 0 Å². The van der Waals surface area contributed by atoms with E-state index in [0.29, 0.717) is 5.25 Å². The van der Waals surface area contributed by atoms with Gasteiger partial charge in [-0.15, -0.1) is 23.1 Å². The van der Waals surface area contributed by atoms with Crippen LogP contribution in [0.25, 0.3) is 0 Å². The molecule has 0 spiro atoms. The van der Waals surface area contributed by atoms with Crippen LogP contribution in [0, 0.1) is 0 Å². The highest BCUT2D eigenvalue weighted by molar-refractivity contribution is 7.99. The van der Waals surface area contributed by atoms with Gasteiger partial charge in [0.1, 0.15) is 11.5 Å². The zero-order valence-electron chi connectivity index (χ0n) is 15.6. The summed E-state index contributed by atoms with van der Waals surface area (Å²) in [5.41, 5.74) is 2.54. The number of thioether (sulfide) groups is 1. The molecular weight excluding hydrogens is 374 g/mol. The summed E-state index contributed by atoms with van der Waals surface area (Å²) in [6.07, 6.45) is 1.06. The molecular formula is C22H23NO2S2. The van der Waals surface area contributed by atoms with E-state index in [-0.39, 0.29) is 0 Å². The molecule has 3 nitrogen and oxygen atoms in total. The van der Waals surface area contributed by atoms with Gasteiger partial charge in [0.05, 0.1) is 26.5 Å². The average Bonchev–Trinajstić information content (AvgIpc) is 3.16. The highest BCUT2D eigenvalue weighted by Crippen LogP contribution is 2.48. The van der Waals surface area contributed by atoms with Crippen molar-refractivity contribution < 1.29 is 9.47 Å². The van der Waals surface area contributed by atoms with Crippen molar-refractivity contribution in [3.63, 3.8) is 0 Å². The molecule has 3 aromatic rings. The van der Waals surface area contributed by atoms with Gasteiger partial charge in [-0.3, -0.25) is 0 Å². The normalized spacial score (nSPS) is 16.5. The van der Waals surface area contributed by atoms with Crippen LogP contribution in [0.15, 0.2) is 64.9 Å². The van der Waals surface area contributed by atoms with E-state index in [1.807, 2.05) is 29.2 Å². The van der Waals surface area contributed by atoms with Gasteiger partial charge in [0.15, 0.2) is 0 Å². The number of benzene rings is 2. The van der Waals surface area contributed by atoms with Crippen LogP contribution in [-0.4, -0.2) is 20.8 Å². The summed E-state index contributed by atoms with van der Waals surface area (Å²) in [5.74, 6) is 1.86. The first-order valence-corrected chi connectivity index (χ1v) is 10.8. The molecule has 0 N–H and O–H groups in total. The van der Waals surface area contributed by atoms with Crippen LogP contribution in [0.3, 0.4) is 0 Å². The molecule has 140 valence electrons. The molecule has 1 aromatic heterocycles. The van der Waals surface area contributed by atoms with Gasteiger partial charge in [-0.25, -0.2) is 0 Å². The Balaban J connectivity index is 1.70. The minimum Gasteiger partial charge on any atom is -0.497 e. The number of hydrogen-bond acceptors (Lipinski definition) is 5. The minimum absolute atomic E-state index is 0.348. The maximum atomic E-state index is 5.63. The summed E-state index contributed by atoms with van der Waals surface area (Å²) in [7, 11) is 3.48. The molecule has 0 fully saturated rings. The van der Waals surface area contributed by atoms with Gasteiger partial charge < -0.3 is 14.4 Å². The Morgan fingerprint density at radius 3 is 2.70 bits per heavy atom. The predicted molar refractivity (Wildman–Crippen MR) is 115 cm³/mol. The lowest BCUT2D eigenvalue weighted by atomic mass is 10.1. The highest BCUT2D eigenvalue weighted by atomic mass is 32.2. The zero-order chi connectivity index (χ0) is 18.6. The van der Waals surface area contributed by atoms with Crippen molar-refractivity contribution >= 4 is 28.8 Å². The molecule has 0 unspecified atom stereocenters. The smallest absolute Gasteiger partial charge is 0.123 e. The molecule has 0 saturated carbocycles. The number of thiophene rings is 1. The number of ether oxygens (including phenoxy) is 2. The Kier molecular flexibility index (Phi) is 5.60. The van der Waals surface area contributed by atoms with E-state index >= 15 is 0 Å². The fraction of sp³-hybridized carbons (Fsp3) is 0.273. The van der Waals surface area contributed by atoms with Gasteiger partial charge in [-0.05, 0) is 42.1 Å². The van der Waals surface area contributed by atoms with Crippen molar-refractivity contribution in [1.82, 2.24) is 0 Å². The first-order chi connectivity index (χ1) is 13.3. The summed E-state index contributed by atoms with van der Waals surface area (Å²) in [6.45, 7) is 1.95. The van der Waals surface area contributed by atoms with E-state index in [9.17, 15) is 0 Å². The van der Waals surface area contributed by atoms with Crippen molar-refractivity contribution in [2.75, 3.05) is 25.7 Å². The van der Waals surface area contributed by atoms with Crippen LogP contribution in [-0.2, 0) is 6.54 Å². The van der Waals surface area contributed by atoms with Gasteiger partial charge in [0.2, 0.25) is 0 Å². The van der Waals surface area contributed by atoms with Crippen molar-refractivity contribution in [3.8, 4) is 11.5 Å². The topological polar surface area (TPSA) is 21.7 Å². The summed E-state index contributed by atoms with van der Waals surface area (Å²) in [6, 6.07) is 19.1. The Morgan fingerprint density at radius 2 is 1.93 bits per heavy atom. The number of nitrogens with zero attached hydrogens (tertiary/aromatic N) is 1. The number of anilines is 1. The Hall–Kier alpha value is -2.11. The van der Waals surface area contributed by atoms with Crippen molar-refractivity contribution in [2.24, 2.45) is 0 Å². The number of fused-ring (bicyclic) bond motifs is 1. The second-order valence-electron chi connectivity index (χ2n) is 6.47. The Labute approximate surface area is 168 Å². The lowest BCUT2D eigenvalue weighted by Gasteiger charge is -2.24. The third-order valence-corrected chi connectivity index (χ3v) is 7.07. The number of rotatable bonds is 5. The summed E-state index contributed by atoms with van der Waals surface area (Å²) >= 11 is 3.72. The van der Waals surface area contributed by atoms with Gasteiger partial charge in [0.25, 0.3) is 0 Å². The monoisotopic (exact) mass is 397 g/mol. The Morgan fingerprint density at radius 1 is 1.04 bits per heavy atom. The van der Waals surface area contributed by atoms with E-state index in [4.69, 9.17) is 9.47 Å². The minimum atomic E-state index is 0.348. The van der Waals surface area contributed by atoms with Crippen molar-refractivity contribution in [3.05, 3.63) is 70.4 Å². The molecule has 0 radical (unpaired) electrons. The predicted octanol–water partition coefficient (Wildman–Crippen LogP) is 6.01. The first kappa shape index (κ1) is 18.3. The molecule has 4 rings (SSSR count). The molecule has 0 amide bonds. The quantitative estimate of drug-likeness (QED) is 0.526. The molecule has 0 bridgehead atoms. The molecule has 0 aliphatic carbocycles. The fourth-order valence-electron chi connectivity index (χ4n) is 3.49. The highest BCUT2D eigenvalue weighted by Gasteiger charge is 2.26. The maximum Gasteiger partial charge on any atom is 0.123 e. The second-order valence-corrected chi connectivity index (χ2v) is 8.75. The zero-order valence-corrected chi connectivity index (χ0v) is 17.2. The number of hydrogen-bond donors (Lipinski definition) is 0. The maximum absolute atomic E-state index is 5.63. The molecule has 0 saturated heterocycles. The van der Waals surface area contributed by atoms with Gasteiger partial charge in [-0.2, -0.15) is 0 Å². The van der Waals surface area contributed by atoms with Crippen LogP contribution in [0.4, 0.5) is 5.69 Å². The van der Waals surface area contributed by atoms with Crippen molar-refractivity contribution in [2.45, 2.75) is 23.1 Å². The molecule has 2 aromatic carbocycles. The second kappa shape index (κ2) is 8.28. The molecule has 2 heterocycles. The average molecular weight is 398 g/mol. The number of para-hydroxylation sites is 1. The fourth-order valence-corrected chi connectivity index (χ4v) is 5.56. The largest absolute Gasteiger partial charge is 0.497 e. The van der Waals surface area contributed by atoms with E-state index < -0.39 is 0 Å². The third kappa shape index (κ3) is 3.94. The standard InChI is InChI=1S/C22H23NO2S2/c1-24-16-9-10-19-22(14-16)27-21(18-7-3-4-8-20(18)25-2)11-12-23(19)15-17-6-5-13-26-17/h3-10,13-14,21H,11-12,15H2,1-2H3/t21-/m0/s1. The molecule has 5 heteroatoms. The van der Waals surface area contributed by atoms with E-state index in [1.165, 1.54) is 21.0 Å². The van der Waals surface area contributed by atoms with Crippen LogP contribution >= 0.6 is 23.1 Å². The van der Waals surface area contributed by atoms with E-state index in [2.05, 4.69) is 58.8 Å². The van der Waals surface area contributed by atoms with E-state index in [0.717, 1.165) is 31.0 Å². The molecule has 1 aliphatic heterocycles. The Bertz CT molecular complexity index is 895. The lowest BCUT2D eigenvalue weighted by molar-refractivity contribution is 0.409. The van der Waals surface area contributed by atoms with Crippen LogP contribution in [0.2, 0.25) is 0 Å². The van der Waals surface area contributed by atoms with Crippen LogP contribution < -0.4 is 14.4 Å². The number of methoxy groups -OCH3 is 2. The molecule has 27 heavy (non-hydrogen) atoms. The van der Waals surface area contributed by atoms with E-state index in [1.54, 1.807) is 14.2 Å². The van der Waals surface area contributed by atoms with Crippen LogP contribution in [0.5, 0.6) is 11.5 Å². The summed E-state index contributed by atoms with van der Waals surface area (Å²) < 4.78 is 11.1. The lowest BCUT2D eigenvalue weighted by Crippen LogP contribution is -2.23. The van der Waals surface area contributed by atoms with Gasteiger partial charge >= 0.3 is 0 Å².